The van der Waals surface area contributed by atoms with E-state index in [1.807, 2.05) is 24.3 Å². The number of benzene rings is 2. The fourth-order valence-corrected chi connectivity index (χ4v) is 2.19. The largest absolute Gasteiger partial charge is 0.497 e. The van der Waals surface area contributed by atoms with Crippen molar-refractivity contribution in [2.45, 2.75) is 18.8 Å². The van der Waals surface area contributed by atoms with Crippen molar-refractivity contribution in [3.8, 4) is 17.6 Å². The second-order valence-corrected chi connectivity index (χ2v) is 5.02. The van der Waals surface area contributed by atoms with Crippen LogP contribution in [0.25, 0.3) is 0 Å². The van der Waals surface area contributed by atoms with Gasteiger partial charge in [-0.3, -0.25) is 0 Å². The highest BCUT2D eigenvalue weighted by molar-refractivity contribution is 5.32. The Bertz CT molecular complexity index is 680. The number of rotatable bonds is 7. The lowest BCUT2D eigenvalue weighted by Gasteiger charge is -2.11. The van der Waals surface area contributed by atoms with E-state index >= 15 is 0 Å². The van der Waals surface area contributed by atoms with E-state index in [0.717, 1.165) is 23.4 Å². The molecule has 0 amide bonds. The van der Waals surface area contributed by atoms with Gasteiger partial charge >= 0.3 is 0 Å². The molecule has 2 rings (SSSR count). The van der Waals surface area contributed by atoms with E-state index < -0.39 is 11.6 Å². The second kappa shape index (κ2) is 8.14. The fraction of sp³-hybridized carbons (Fsp3) is 0.278. The molecule has 0 aromatic heterocycles. The van der Waals surface area contributed by atoms with Gasteiger partial charge in [0.15, 0.2) is 11.6 Å². The summed E-state index contributed by atoms with van der Waals surface area (Å²) >= 11 is 0. The van der Waals surface area contributed by atoms with E-state index in [4.69, 9.17) is 9.47 Å². The SMILES string of the molecule is COc1ccc(C(C#N)CCCOc2ccc(F)c(F)c2)cc1. The molecule has 23 heavy (non-hydrogen) atoms. The molecule has 0 saturated carbocycles. The lowest BCUT2D eigenvalue weighted by Crippen LogP contribution is -2.02. The molecule has 1 atom stereocenters. The Morgan fingerprint density at radius 3 is 2.35 bits per heavy atom. The van der Waals surface area contributed by atoms with Crippen LogP contribution in [0.3, 0.4) is 0 Å². The van der Waals surface area contributed by atoms with Crippen LogP contribution in [0.5, 0.6) is 11.5 Å². The van der Waals surface area contributed by atoms with Crippen LogP contribution in [0, 0.1) is 23.0 Å². The zero-order valence-electron chi connectivity index (χ0n) is 12.8. The summed E-state index contributed by atoms with van der Waals surface area (Å²) in [5, 5.41) is 9.28. The molecule has 5 heteroatoms. The Labute approximate surface area is 134 Å². The number of ether oxygens (including phenoxy) is 2. The van der Waals surface area contributed by atoms with Crippen molar-refractivity contribution in [2.75, 3.05) is 13.7 Å². The minimum atomic E-state index is -0.935. The highest BCUT2D eigenvalue weighted by Gasteiger charge is 2.11. The van der Waals surface area contributed by atoms with E-state index in [0.29, 0.717) is 19.4 Å². The molecule has 0 saturated heterocycles. The van der Waals surface area contributed by atoms with Crippen LogP contribution in [-0.2, 0) is 0 Å². The van der Waals surface area contributed by atoms with Crippen molar-refractivity contribution in [3.63, 3.8) is 0 Å². The van der Waals surface area contributed by atoms with E-state index in [2.05, 4.69) is 6.07 Å². The monoisotopic (exact) mass is 317 g/mol. The van der Waals surface area contributed by atoms with Crippen LogP contribution < -0.4 is 9.47 Å². The van der Waals surface area contributed by atoms with Crippen LogP contribution in [0.15, 0.2) is 42.5 Å². The molecule has 0 bridgehead atoms. The Hall–Kier alpha value is -2.61. The molecule has 1 unspecified atom stereocenters. The van der Waals surface area contributed by atoms with E-state index in [1.165, 1.54) is 6.07 Å². The number of methoxy groups -OCH3 is 1. The Morgan fingerprint density at radius 1 is 1.04 bits per heavy atom. The third-order valence-corrected chi connectivity index (χ3v) is 3.47. The number of nitriles is 1. The highest BCUT2D eigenvalue weighted by Crippen LogP contribution is 2.23. The van der Waals surface area contributed by atoms with Crippen molar-refractivity contribution in [1.29, 1.82) is 5.26 Å². The van der Waals surface area contributed by atoms with Gasteiger partial charge in [0.2, 0.25) is 0 Å². The summed E-state index contributed by atoms with van der Waals surface area (Å²) in [6.45, 7) is 0.333. The summed E-state index contributed by atoms with van der Waals surface area (Å²) < 4.78 is 36.3. The normalized spacial score (nSPS) is 11.6. The molecule has 0 aliphatic heterocycles. The average Bonchev–Trinajstić information content (AvgIpc) is 2.58. The molecule has 0 spiro atoms. The summed E-state index contributed by atoms with van der Waals surface area (Å²) in [4.78, 5) is 0. The van der Waals surface area contributed by atoms with Crippen molar-refractivity contribution in [3.05, 3.63) is 59.7 Å². The summed E-state index contributed by atoms with van der Waals surface area (Å²) in [6.07, 6.45) is 1.25. The van der Waals surface area contributed by atoms with Gasteiger partial charge in [-0.2, -0.15) is 5.26 Å². The molecule has 0 aliphatic carbocycles. The number of hydrogen-bond donors (Lipinski definition) is 0. The Morgan fingerprint density at radius 2 is 1.74 bits per heavy atom. The maximum absolute atomic E-state index is 13.0. The molecule has 2 aromatic carbocycles. The topological polar surface area (TPSA) is 42.2 Å². The summed E-state index contributed by atoms with van der Waals surface area (Å²) in [7, 11) is 1.59. The van der Waals surface area contributed by atoms with Crippen molar-refractivity contribution < 1.29 is 18.3 Å². The van der Waals surface area contributed by atoms with Gasteiger partial charge in [-0.25, -0.2) is 8.78 Å². The average molecular weight is 317 g/mol. The van der Waals surface area contributed by atoms with Crippen molar-refractivity contribution in [2.24, 2.45) is 0 Å². The quantitative estimate of drug-likeness (QED) is 0.709. The van der Waals surface area contributed by atoms with Gasteiger partial charge in [-0.15, -0.1) is 0 Å². The fourth-order valence-electron chi connectivity index (χ4n) is 2.19. The smallest absolute Gasteiger partial charge is 0.162 e. The molecule has 0 fully saturated rings. The second-order valence-electron chi connectivity index (χ2n) is 5.02. The van der Waals surface area contributed by atoms with Gasteiger partial charge in [0.05, 0.1) is 25.7 Å². The molecular weight excluding hydrogens is 300 g/mol. The van der Waals surface area contributed by atoms with Gasteiger partial charge < -0.3 is 9.47 Å². The molecule has 0 radical (unpaired) electrons. The first-order valence-electron chi connectivity index (χ1n) is 7.25. The van der Waals surface area contributed by atoms with Gasteiger partial charge in [0, 0.05) is 6.07 Å². The lowest BCUT2D eigenvalue weighted by molar-refractivity contribution is 0.302. The van der Waals surface area contributed by atoms with Gasteiger partial charge in [0.1, 0.15) is 11.5 Å². The first-order chi connectivity index (χ1) is 11.1. The zero-order valence-corrected chi connectivity index (χ0v) is 12.8. The third-order valence-electron chi connectivity index (χ3n) is 3.47. The summed E-state index contributed by atoms with van der Waals surface area (Å²) in [5.41, 5.74) is 0.918. The van der Waals surface area contributed by atoms with Crippen LogP contribution in [0.2, 0.25) is 0 Å². The Balaban J connectivity index is 1.83. The first-order valence-corrected chi connectivity index (χ1v) is 7.25. The molecule has 0 aliphatic rings. The minimum Gasteiger partial charge on any atom is -0.497 e. The van der Waals surface area contributed by atoms with Gasteiger partial charge in [-0.05, 0) is 42.7 Å². The predicted octanol–water partition coefficient (Wildman–Crippen LogP) is 4.44. The van der Waals surface area contributed by atoms with Crippen molar-refractivity contribution in [1.82, 2.24) is 0 Å². The number of halogens is 2. The molecule has 2 aromatic rings. The van der Waals surface area contributed by atoms with Crippen LogP contribution in [0.4, 0.5) is 8.78 Å². The first kappa shape index (κ1) is 16.8. The lowest BCUT2D eigenvalue weighted by atomic mass is 9.96. The van der Waals surface area contributed by atoms with Gasteiger partial charge in [0.25, 0.3) is 0 Å². The molecule has 0 heterocycles. The molecule has 0 N–H and O–H groups in total. The highest BCUT2D eigenvalue weighted by atomic mass is 19.2. The standard InChI is InChI=1S/C18H17F2NO2/c1-22-15-6-4-13(5-7-15)14(12-21)3-2-10-23-16-8-9-17(19)18(20)11-16/h4-9,11,14H,2-3,10H2,1H3. The number of nitrogens with zero attached hydrogens (tertiary/aromatic N) is 1. The Kier molecular flexibility index (Phi) is 5.93. The zero-order chi connectivity index (χ0) is 16.7. The maximum Gasteiger partial charge on any atom is 0.162 e. The van der Waals surface area contributed by atoms with Crippen molar-refractivity contribution >= 4 is 0 Å². The molecule has 120 valence electrons. The van der Waals surface area contributed by atoms with Gasteiger partial charge in [-0.1, -0.05) is 12.1 Å². The van der Waals surface area contributed by atoms with Crippen LogP contribution >= 0.6 is 0 Å². The third kappa shape index (κ3) is 4.68. The molecule has 3 nitrogen and oxygen atoms in total. The number of hydrogen-bond acceptors (Lipinski definition) is 3. The minimum absolute atomic E-state index is 0.241. The van der Waals surface area contributed by atoms with E-state index in [-0.39, 0.29) is 11.7 Å². The van der Waals surface area contributed by atoms with E-state index in [1.54, 1.807) is 7.11 Å². The predicted molar refractivity (Wildman–Crippen MR) is 82.4 cm³/mol. The van der Waals surface area contributed by atoms with E-state index in [9.17, 15) is 14.0 Å². The summed E-state index contributed by atoms with van der Waals surface area (Å²) in [6, 6.07) is 13.0. The maximum atomic E-state index is 13.0. The van der Waals surface area contributed by atoms with Crippen LogP contribution in [-0.4, -0.2) is 13.7 Å². The van der Waals surface area contributed by atoms with Crippen LogP contribution in [0.1, 0.15) is 24.3 Å². The molecular formula is C18H17F2NO2. The summed E-state index contributed by atoms with van der Waals surface area (Å²) in [5.74, 6) is -1.06.